The summed E-state index contributed by atoms with van der Waals surface area (Å²) in [6, 6.07) is 4.92. The molecular weight excluding hydrogens is 342 g/mol. The number of hydrogen-bond acceptors (Lipinski definition) is 6. The highest BCUT2D eigenvalue weighted by atomic mass is 32.2. The summed E-state index contributed by atoms with van der Waals surface area (Å²) in [4.78, 5) is 26.1. The zero-order valence-corrected chi connectivity index (χ0v) is 15.1. The van der Waals surface area contributed by atoms with Gasteiger partial charge in [0.2, 0.25) is 0 Å². The van der Waals surface area contributed by atoms with E-state index in [9.17, 15) is 14.9 Å². The molecule has 1 saturated carbocycles. The summed E-state index contributed by atoms with van der Waals surface area (Å²) in [6.07, 6.45) is 3.51. The molecule has 0 atom stereocenters. The van der Waals surface area contributed by atoms with Crippen LogP contribution in [0.3, 0.4) is 0 Å². The Hall–Kier alpha value is -2.42. The number of nitro groups is 1. The maximum absolute atomic E-state index is 12.8. The van der Waals surface area contributed by atoms with Crippen LogP contribution in [0.4, 0.5) is 5.69 Å². The number of benzene rings is 1. The van der Waals surface area contributed by atoms with Crippen LogP contribution in [0.2, 0.25) is 0 Å². The number of amides is 1. The molecule has 132 valence electrons. The van der Waals surface area contributed by atoms with Crippen LogP contribution in [0, 0.1) is 10.1 Å². The fourth-order valence-electron chi connectivity index (χ4n) is 2.67. The van der Waals surface area contributed by atoms with Gasteiger partial charge in [-0.05, 0) is 50.6 Å². The summed E-state index contributed by atoms with van der Waals surface area (Å²) in [5, 5.41) is 19.7. The van der Waals surface area contributed by atoms with Crippen molar-refractivity contribution in [3.63, 3.8) is 0 Å². The summed E-state index contributed by atoms with van der Waals surface area (Å²) in [5.74, 6) is -0.157. The quantitative estimate of drug-likeness (QED) is 0.580. The van der Waals surface area contributed by atoms with Crippen molar-refractivity contribution in [2.75, 3.05) is 0 Å². The van der Waals surface area contributed by atoms with Crippen molar-refractivity contribution >= 4 is 23.4 Å². The van der Waals surface area contributed by atoms with E-state index >= 15 is 0 Å². The van der Waals surface area contributed by atoms with Gasteiger partial charge in [-0.15, -0.1) is 10.2 Å². The van der Waals surface area contributed by atoms with E-state index in [1.54, 1.807) is 23.7 Å². The number of nitrogens with zero attached hydrogens (tertiary/aromatic N) is 5. The van der Waals surface area contributed by atoms with E-state index in [0.717, 1.165) is 24.6 Å². The summed E-state index contributed by atoms with van der Waals surface area (Å²) >= 11 is 1.15. The number of carbonyl (C=O) groups is 1. The number of aryl methyl sites for hydroxylation is 1. The summed E-state index contributed by atoms with van der Waals surface area (Å²) in [5.41, 5.74) is 0.243. The molecule has 0 spiro atoms. The lowest BCUT2D eigenvalue weighted by Crippen LogP contribution is -2.38. The van der Waals surface area contributed by atoms with Crippen LogP contribution >= 0.6 is 11.8 Å². The molecule has 0 aliphatic heterocycles. The lowest BCUT2D eigenvalue weighted by molar-refractivity contribution is -0.387. The molecule has 0 saturated heterocycles. The Morgan fingerprint density at radius 2 is 2.16 bits per heavy atom. The van der Waals surface area contributed by atoms with E-state index in [-0.39, 0.29) is 23.7 Å². The monoisotopic (exact) mass is 361 g/mol. The highest BCUT2D eigenvalue weighted by molar-refractivity contribution is 7.99. The van der Waals surface area contributed by atoms with Crippen LogP contribution in [0.15, 0.2) is 34.6 Å². The minimum absolute atomic E-state index is 0.0618. The van der Waals surface area contributed by atoms with Gasteiger partial charge in [0.1, 0.15) is 6.33 Å². The SMILES string of the molecule is CC(C)N(C(=O)c1ccc(Sc2nncn2C)c([N+](=O)[O-])c1)C1CC1. The van der Waals surface area contributed by atoms with E-state index in [4.69, 9.17) is 0 Å². The molecule has 2 aromatic rings. The second-order valence-corrected chi connectivity index (χ2v) is 7.31. The average molecular weight is 361 g/mol. The van der Waals surface area contributed by atoms with Gasteiger partial charge in [0.25, 0.3) is 11.6 Å². The molecule has 0 N–H and O–H groups in total. The minimum Gasteiger partial charge on any atom is -0.333 e. The Balaban J connectivity index is 1.92. The van der Waals surface area contributed by atoms with Gasteiger partial charge in [-0.2, -0.15) is 0 Å². The van der Waals surface area contributed by atoms with Crippen LogP contribution in [0.5, 0.6) is 0 Å². The zero-order chi connectivity index (χ0) is 18.1. The Bertz CT molecular complexity index is 814. The van der Waals surface area contributed by atoms with Crippen molar-refractivity contribution < 1.29 is 9.72 Å². The van der Waals surface area contributed by atoms with E-state index in [2.05, 4.69) is 10.2 Å². The molecule has 1 fully saturated rings. The average Bonchev–Trinajstić information content (AvgIpc) is 3.30. The van der Waals surface area contributed by atoms with Crippen molar-refractivity contribution in [2.24, 2.45) is 7.05 Å². The minimum atomic E-state index is -0.466. The molecule has 1 aliphatic rings. The Kier molecular flexibility index (Phi) is 4.76. The molecule has 1 aliphatic carbocycles. The smallest absolute Gasteiger partial charge is 0.284 e. The van der Waals surface area contributed by atoms with Crippen LogP contribution in [0.25, 0.3) is 0 Å². The molecule has 3 rings (SSSR count). The molecule has 1 aromatic heterocycles. The molecule has 0 radical (unpaired) electrons. The first-order valence-electron chi connectivity index (χ1n) is 8.01. The van der Waals surface area contributed by atoms with Gasteiger partial charge in [-0.25, -0.2) is 0 Å². The third-order valence-electron chi connectivity index (χ3n) is 4.00. The molecule has 0 unspecified atom stereocenters. The highest BCUT2D eigenvalue weighted by Crippen LogP contribution is 2.35. The normalized spacial score (nSPS) is 13.9. The maximum Gasteiger partial charge on any atom is 0.284 e. The van der Waals surface area contributed by atoms with Crippen molar-refractivity contribution in [1.82, 2.24) is 19.7 Å². The molecule has 8 nitrogen and oxygen atoms in total. The van der Waals surface area contributed by atoms with Gasteiger partial charge in [-0.1, -0.05) is 0 Å². The lowest BCUT2D eigenvalue weighted by atomic mass is 10.1. The third-order valence-corrected chi connectivity index (χ3v) is 5.12. The molecule has 1 heterocycles. The van der Waals surface area contributed by atoms with Crippen LogP contribution in [0.1, 0.15) is 37.0 Å². The third kappa shape index (κ3) is 3.65. The van der Waals surface area contributed by atoms with Gasteiger partial charge in [-0.3, -0.25) is 14.9 Å². The van der Waals surface area contributed by atoms with Gasteiger partial charge in [0.15, 0.2) is 5.16 Å². The molecular formula is C16H19N5O3S. The second kappa shape index (κ2) is 6.83. The zero-order valence-electron chi connectivity index (χ0n) is 14.2. The number of carbonyl (C=O) groups excluding carboxylic acids is 1. The van der Waals surface area contributed by atoms with Gasteiger partial charge in [0.05, 0.1) is 9.82 Å². The molecule has 1 amide bonds. The van der Waals surface area contributed by atoms with E-state index < -0.39 is 4.92 Å². The fourth-order valence-corrected chi connectivity index (χ4v) is 3.52. The number of nitro benzene ring substituents is 1. The van der Waals surface area contributed by atoms with E-state index in [0.29, 0.717) is 15.6 Å². The summed E-state index contributed by atoms with van der Waals surface area (Å²) < 4.78 is 1.68. The molecule has 25 heavy (non-hydrogen) atoms. The lowest BCUT2D eigenvalue weighted by Gasteiger charge is -2.26. The van der Waals surface area contributed by atoms with Crippen LogP contribution in [-0.2, 0) is 7.05 Å². The summed E-state index contributed by atoms with van der Waals surface area (Å²) in [6.45, 7) is 3.92. The Labute approximate surface area is 149 Å². The Morgan fingerprint density at radius 1 is 1.44 bits per heavy atom. The largest absolute Gasteiger partial charge is 0.333 e. The predicted molar refractivity (Wildman–Crippen MR) is 92.5 cm³/mol. The molecule has 0 bridgehead atoms. The topological polar surface area (TPSA) is 94.2 Å². The van der Waals surface area contributed by atoms with Crippen LogP contribution < -0.4 is 0 Å². The van der Waals surface area contributed by atoms with Crippen LogP contribution in [-0.4, -0.2) is 42.6 Å². The number of rotatable bonds is 6. The fraction of sp³-hybridized carbons (Fsp3) is 0.438. The first-order chi connectivity index (χ1) is 11.9. The molecule has 9 heteroatoms. The van der Waals surface area contributed by atoms with Gasteiger partial charge in [0, 0.05) is 30.8 Å². The Morgan fingerprint density at radius 3 is 2.68 bits per heavy atom. The first kappa shape index (κ1) is 17.4. The summed E-state index contributed by atoms with van der Waals surface area (Å²) in [7, 11) is 1.77. The first-order valence-corrected chi connectivity index (χ1v) is 8.83. The van der Waals surface area contributed by atoms with Gasteiger partial charge >= 0.3 is 0 Å². The van der Waals surface area contributed by atoms with Crippen molar-refractivity contribution in [3.8, 4) is 0 Å². The highest BCUT2D eigenvalue weighted by Gasteiger charge is 2.35. The van der Waals surface area contributed by atoms with E-state index in [1.807, 2.05) is 18.7 Å². The van der Waals surface area contributed by atoms with Crippen molar-refractivity contribution in [2.45, 2.75) is 48.8 Å². The standard InChI is InChI=1S/C16H19N5O3S/c1-10(2)20(12-5-6-12)15(22)11-4-7-14(13(8-11)21(23)24)25-16-18-17-9-19(16)3/h4,7-10,12H,5-6H2,1-3H3. The van der Waals surface area contributed by atoms with Crippen molar-refractivity contribution in [3.05, 3.63) is 40.2 Å². The molecule has 1 aromatic carbocycles. The number of aromatic nitrogens is 3. The second-order valence-electron chi connectivity index (χ2n) is 6.30. The number of hydrogen-bond donors (Lipinski definition) is 0. The van der Waals surface area contributed by atoms with E-state index in [1.165, 1.54) is 12.4 Å². The van der Waals surface area contributed by atoms with Gasteiger partial charge < -0.3 is 9.47 Å². The predicted octanol–water partition coefficient (Wildman–Crippen LogP) is 2.89. The van der Waals surface area contributed by atoms with Crippen molar-refractivity contribution in [1.29, 1.82) is 0 Å². The maximum atomic E-state index is 12.8.